The monoisotopic (exact) mass is 786 g/mol. The van der Waals surface area contributed by atoms with Gasteiger partial charge < -0.3 is 23.7 Å². The van der Waals surface area contributed by atoms with Gasteiger partial charge in [0.15, 0.2) is 6.29 Å². The van der Waals surface area contributed by atoms with E-state index in [2.05, 4.69) is 24.7 Å². The number of rotatable bonds is 14. The fourth-order valence-corrected chi connectivity index (χ4v) is 11.2. The molecule has 0 aromatic heterocycles. The highest BCUT2D eigenvalue weighted by atomic mass is 32.2. The van der Waals surface area contributed by atoms with E-state index in [0.717, 1.165) is 96.3 Å². The molecule has 0 spiro atoms. The molecule has 0 radical (unpaired) electrons. The fraction of sp³-hybridized carbons (Fsp3) is 0.875. The highest BCUT2D eigenvalue weighted by molar-refractivity contribution is 7.87. The molecular weight excluding hydrogens is 726 g/mol. The van der Waals surface area contributed by atoms with Gasteiger partial charge in [0, 0.05) is 5.92 Å². The number of ether oxygens (including phenoxy) is 5. The lowest BCUT2D eigenvalue weighted by atomic mass is 9.59. The number of alkyl halides is 2. The fourth-order valence-electron chi connectivity index (χ4n) is 10.9. The summed E-state index contributed by atoms with van der Waals surface area (Å²) in [7, 11) is -5.99. The molecule has 6 unspecified atom stereocenters. The number of fused-ring (bicyclic) bond motifs is 4. The first kappa shape index (κ1) is 41.5. The van der Waals surface area contributed by atoms with Gasteiger partial charge in [-0.3, -0.25) is 14.1 Å². The van der Waals surface area contributed by atoms with Crippen molar-refractivity contribution in [2.24, 2.45) is 45.8 Å². The predicted molar refractivity (Wildman–Crippen MR) is 192 cm³/mol. The third kappa shape index (κ3) is 9.34. The quantitative estimate of drug-likeness (QED) is 0.0804. The minimum atomic E-state index is -5.99. The zero-order valence-electron chi connectivity index (χ0n) is 32.0. The van der Waals surface area contributed by atoms with Crippen molar-refractivity contribution in [3.8, 4) is 0 Å². The Morgan fingerprint density at radius 3 is 2.26 bits per heavy atom. The summed E-state index contributed by atoms with van der Waals surface area (Å²) in [5, 5.41) is -5.09. The number of hydrogen-bond donors (Lipinski definition) is 1. The lowest BCUT2D eigenvalue weighted by Gasteiger charge is -2.47. The highest BCUT2D eigenvalue weighted by Crippen LogP contribution is 2.52. The molecule has 306 valence electrons. The Hall–Kier alpha value is -2.16. The minimum Gasteiger partial charge on any atom is -0.464 e. The molecule has 1 N–H and O–H groups in total. The summed E-state index contributed by atoms with van der Waals surface area (Å²) in [6.07, 6.45) is 17.0. The maximum Gasteiger partial charge on any atom is 0.465 e. The third-order valence-electron chi connectivity index (χ3n) is 13.4. The van der Waals surface area contributed by atoms with Crippen LogP contribution >= 0.6 is 0 Å². The van der Waals surface area contributed by atoms with E-state index in [0.29, 0.717) is 30.6 Å². The number of hydrogen-bond acceptors (Lipinski definition) is 10. The molecule has 54 heavy (non-hydrogen) atoms. The van der Waals surface area contributed by atoms with Crippen LogP contribution in [0.3, 0.4) is 0 Å². The van der Waals surface area contributed by atoms with E-state index in [-0.39, 0.29) is 50.7 Å². The van der Waals surface area contributed by atoms with Crippen molar-refractivity contribution in [2.45, 2.75) is 141 Å². The molecule has 11 nitrogen and oxygen atoms in total. The molecule has 0 amide bonds. The molecular formula is C40H60F2O11S. The molecule has 6 atom stereocenters. The number of carbonyl (C=O) groups excluding carboxylic acids is 3. The van der Waals surface area contributed by atoms with Gasteiger partial charge in [-0.15, -0.1) is 0 Å². The van der Waals surface area contributed by atoms with Gasteiger partial charge >= 0.3 is 33.3 Å². The Kier molecular flexibility index (Phi) is 12.9. The second-order valence-electron chi connectivity index (χ2n) is 18.2. The Balaban J connectivity index is 1.15. The maximum atomic E-state index is 14.0. The van der Waals surface area contributed by atoms with E-state index < -0.39 is 56.4 Å². The van der Waals surface area contributed by atoms with Crippen LogP contribution < -0.4 is 0 Å². The van der Waals surface area contributed by atoms with Crippen LogP contribution in [-0.4, -0.2) is 75.5 Å². The maximum absolute atomic E-state index is 14.0. The topological polar surface area (TPSA) is 152 Å². The molecule has 4 saturated carbocycles. The molecule has 14 heteroatoms. The molecule has 5 fully saturated rings. The lowest BCUT2D eigenvalue weighted by molar-refractivity contribution is -0.269. The zero-order valence-corrected chi connectivity index (χ0v) is 32.8. The first-order valence-electron chi connectivity index (χ1n) is 20.3. The van der Waals surface area contributed by atoms with Crippen LogP contribution in [0.5, 0.6) is 0 Å². The van der Waals surface area contributed by atoms with Crippen molar-refractivity contribution in [2.75, 3.05) is 33.0 Å². The molecule has 4 bridgehead atoms. The van der Waals surface area contributed by atoms with Crippen molar-refractivity contribution in [1.82, 2.24) is 0 Å². The van der Waals surface area contributed by atoms with Gasteiger partial charge in [-0.2, -0.15) is 17.2 Å². The molecule has 6 rings (SSSR count). The van der Waals surface area contributed by atoms with Crippen LogP contribution in [0.15, 0.2) is 11.6 Å². The first-order chi connectivity index (χ1) is 25.5. The normalized spacial score (nSPS) is 35.3. The molecule has 1 saturated heterocycles. The van der Waals surface area contributed by atoms with Gasteiger partial charge in [0.1, 0.15) is 13.2 Å². The van der Waals surface area contributed by atoms with E-state index in [1.54, 1.807) is 0 Å². The van der Waals surface area contributed by atoms with Crippen molar-refractivity contribution >= 4 is 28.0 Å². The largest absolute Gasteiger partial charge is 0.465 e. The molecule has 1 heterocycles. The van der Waals surface area contributed by atoms with E-state index in [4.69, 9.17) is 23.5 Å². The Morgan fingerprint density at radius 1 is 0.907 bits per heavy atom. The summed E-state index contributed by atoms with van der Waals surface area (Å²) in [4.78, 5) is 39.8. The Bertz CT molecular complexity index is 1500. The van der Waals surface area contributed by atoms with Gasteiger partial charge in [-0.1, -0.05) is 70.4 Å². The average molecular weight is 787 g/mol. The second kappa shape index (κ2) is 16.7. The SMILES string of the molecule is CC1C=C2CCCC(C(=O)OCC3(COC(=O)C45CCCC(CC(C)C4)C5)COC(C(CCOC(=O)C(F)(F)S(=O)(=O)O)CC4CCCCC4)OC3)(C2)C1. The smallest absolute Gasteiger partial charge is 0.464 e. The Labute approximate surface area is 318 Å². The predicted octanol–water partition coefficient (Wildman–Crippen LogP) is 7.57. The van der Waals surface area contributed by atoms with Gasteiger partial charge in [0.25, 0.3) is 0 Å². The van der Waals surface area contributed by atoms with E-state index in [1.165, 1.54) is 5.57 Å². The summed E-state index contributed by atoms with van der Waals surface area (Å²) in [6, 6.07) is 0. The van der Waals surface area contributed by atoms with Crippen molar-refractivity contribution in [3.63, 3.8) is 0 Å². The third-order valence-corrected chi connectivity index (χ3v) is 14.2. The summed E-state index contributed by atoms with van der Waals surface area (Å²) in [5.74, 6) is -1.69. The summed E-state index contributed by atoms with van der Waals surface area (Å²) in [5.41, 5.74) is -0.789. The number of allylic oxidation sites excluding steroid dienone is 2. The molecule has 0 aromatic rings. The number of carbonyl (C=O) groups is 3. The number of halogens is 2. The van der Waals surface area contributed by atoms with Gasteiger partial charge in [-0.05, 0) is 94.3 Å². The van der Waals surface area contributed by atoms with Gasteiger partial charge in [0.2, 0.25) is 0 Å². The zero-order chi connectivity index (χ0) is 38.8. The minimum absolute atomic E-state index is 0.0423. The highest BCUT2D eigenvalue weighted by Gasteiger charge is 2.55. The second-order valence-corrected chi connectivity index (χ2v) is 19.6. The van der Waals surface area contributed by atoms with E-state index >= 15 is 0 Å². The Morgan fingerprint density at radius 2 is 1.57 bits per heavy atom. The van der Waals surface area contributed by atoms with Crippen molar-refractivity contribution < 1.29 is 59.8 Å². The number of esters is 3. The summed E-state index contributed by atoms with van der Waals surface area (Å²) >= 11 is 0. The van der Waals surface area contributed by atoms with Gasteiger partial charge in [-0.25, -0.2) is 4.79 Å². The standard InChI is InChI=1S/C40H60F2O11S/c1-27-16-30-10-6-13-38(19-27,21-30)34(43)52-25-37(26-53-35(44)39-14-7-11-31(22-39)17-28(2)20-39)23-50-33(51-24-37)32(18-29-8-4-3-5-9-29)12-15-49-36(45)40(41,42)54(46,47)48/h16,27-29,31-33H,3-15,17-26H2,1-2H3,(H,46,47,48). The molecule has 1 aliphatic heterocycles. The molecule has 6 aliphatic rings. The van der Waals surface area contributed by atoms with Crippen LogP contribution in [-0.2, 0) is 48.2 Å². The van der Waals surface area contributed by atoms with Crippen LogP contribution in [0, 0.1) is 45.8 Å². The molecule has 5 aliphatic carbocycles. The van der Waals surface area contributed by atoms with E-state index in [9.17, 15) is 31.6 Å². The lowest BCUT2D eigenvalue weighted by Crippen LogP contribution is -2.52. The van der Waals surface area contributed by atoms with Crippen LogP contribution in [0.25, 0.3) is 0 Å². The van der Waals surface area contributed by atoms with E-state index in [1.807, 2.05) is 0 Å². The summed E-state index contributed by atoms with van der Waals surface area (Å²) < 4.78 is 88.5. The van der Waals surface area contributed by atoms with Crippen LogP contribution in [0.1, 0.15) is 129 Å². The molecule has 0 aromatic carbocycles. The van der Waals surface area contributed by atoms with Crippen molar-refractivity contribution in [1.29, 1.82) is 0 Å². The van der Waals surface area contributed by atoms with Gasteiger partial charge in [0.05, 0.1) is 36.1 Å². The average Bonchev–Trinajstić information content (AvgIpc) is 3.12. The van der Waals surface area contributed by atoms with Crippen LogP contribution in [0.4, 0.5) is 8.78 Å². The first-order valence-corrected chi connectivity index (χ1v) is 21.8. The summed E-state index contributed by atoms with van der Waals surface area (Å²) in [6.45, 7) is 3.75. The van der Waals surface area contributed by atoms with Crippen molar-refractivity contribution in [3.05, 3.63) is 11.6 Å². The van der Waals surface area contributed by atoms with Crippen LogP contribution in [0.2, 0.25) is 0 Å².